The van der Waals surface area contributed by atoms with E-state index in [2.05, 4.69) is 4.98 Å². The molecule has 4 N–H and O–H groups in total. The molecule has 1 aromatic rings. The normalized spacial score (nSPS) is 12.3. The van der Waals surface area contributed by atoms with Crippen molar-refractivity contribution in [2.45, 2.75) is 20.0 Å². The monoisotopic (exact) mass is 266 g/mol. The number of rotatable bonds is 6. The quantitative estimate of drug-likeness (QED) is 0.512. The second kappa shape index (κ2) is 6.49. The number of likely N-dealkylation sites (N-methyl/N-ethyl adjacent to an activating group) is 1. The minimum atomic E-state index is -0.613. The molecular formula is C13H22N4O2. The largest absolute Gasteiger partial charge is 0.389 e. The lowest BCUT2D eigenvalue weighted by Crippen LogP contribution is -2.34. The molecule has 0 aliphatic carbocycles. The van der Waals surface area contributed by atoms with Crippen LogP contribution in [0, 0.1) is 19.3 Å². The van der Waals surface area contributed by atoms with Crippen LogP contribution >= 0.6 is 0 Å². The van der Waals surface area contributed by atoms with Gasteiger partial charge in [-0.25, -0.2) is 4.98 Å². The second-order valence-electron chi connectivity index (χ2n) is 4.68. The first-order valence-corrected chi connectivity index (χ1v) is 6.07. The fourth-order valence-electron chi connectivity index (χ4n) is 2.07. The van der Waals surface area contributed by atoms with Crippen molar-refractivity contribution in [2.24, 2.45) is 5.73 Å². The van der Waals surface area contributed by atoms with E-state index in [1.165, 1.54) is 0 Å². The third-order valence-electron chi connectivity index (χ3n) is 2.80. The van der Waals surface area contributed by atoms with Gasteiger partial charge in [0.2, 0.25) is 0 Å². The van der Waals surface area contributed by atoms with E-state index in [0.717, 1.165) is 11.3 Å². The molecule has 0 saturated heterocycles. The van der Waals surface area contributed by atoms with Crippen LogP contribution in [0.5, 0.6) is 0 Å². The number of aryl methyl sites for hydroxylation is 2. The number of pyridine rings is 1. The molecule has 19 heavy (non-hydrogen) atoms. The van der Waals surface area contributed by atoms with Gasteiger partial charge in [-0.15, -0.1) is 0 Å². The topological polar surface area (TPSA) is 95.5 Å². The van der Waals surface area contributed by atoms with Gasteiger partial charge in [0.05, 0.1) is 18.3 Å². The van der Waals surface area contributed by atoms with Crippen LogP contribution in [0.2, 0.25) is 0 Å². The standard InChI is InChI=1S/C13H22N4O2/c1-8-5-9(2)16-13(11(8)12(14)15)17(3)6-10(18)7-19-4/h5,10,18H,6-7H2,1-4H3,(H3,14,15). The molecule has 1 unspecified atom stereocenters. The van der Waals surface area contributed by atoms with Crippen molar-refractivity contribution in [3.05, 3.63) is 22.9 Å². The summed E-state index contributed by atoms with van der Waals surface area (Å²) in [5.74, 6) is 0.591. The number of methoxy groups -OCH3 is 1. The third-order valence-corrected chi connectivity index (χ3v) is 2.80. The molecule has 0 saturated carbocycles. The zero-order valence-electron chi connectivity index (χ0n) is 11.9. The Morgan fingerprint density at radius 2 is 2.21 bits per heavy atom. The van der Waals surface area contributed by atoms with Crippen molar-refractivity contribution in [1.82, 2.24) is 4.98 Å². The Morgan fingerprint density at radius 1 is 1.58 bits per heavy atom. The van der Waals surface area contributed by atoms with E-state index in [4.69, 9.17) is 15.9 Å². The van der Waals surface area contributed by atoms with E-state index < -0.39 is 6.10 Å². The molecule has 0 spiro atoms. The summed E-state index contributed by atoms with van der Waals surface area (Å²) in [6.07, 6.45) is -0.613. The summed E-state index contributed by atoms with van der Waals surface area (Å²) < 4.78 is 4.90. The van der Waals surface area contributed by atoms with E-state index in [1.54, 1.807) is 12.0 Å². The van der Waals surface area contributed by atoms with Crippen molar-refractivity contribution < 1.29 is 9.84 Å². The first kappa shape index (κ1) is 15.4. The maximum Gasteiger partial charge on any atom is 0.139 e. The Bertz CT molecular complexity index is 462. The number of aromatic nitrogens is 1. The smallest absolute Gasteiger partial charge is 0.139 e. The highest BCUT2D eigenvalue weighted by atomic mass is 16.5. The van der Waals surface area contributed by atoms with Crippen molar-refractivity contribution in [1.29, 1.82) is 5.41 Å². The molecule has 106 valence electrons. The number of nitrogen functional groups attached to an aromatic ring is 1. The van der Waals surface area contributed by atoms with Gasteiger partial charge in [0.15, 0.2) is 0 Å². The lowest BCUT2D eigenvalue weighted by atomic mass is 10.1. The predicted molar refractivity (Wildman–Crippen MR) is 75.9 cm³/mol. The van der Waals surface area contributed by atoms with Crippen molar-refractivity contribution in [2.75, 3.05) is 32.2 Å². The van der Waals surface area contributed by atoms with Crippen LogP contribution in [0.25, 0.3) is 0 Å². The molecule has 0 bridgehead atoms. The molecule has 6 heteroatoms. The summed E-state index contributed by atoms with van der Waals surface area (Å²) in [4.78, 5) is 6.21. The number of aliphatic hydroxyl groups is 1. The minimum absolute atomic E-state index is 0.0203. The summed E-state index contributed by atoms with van der Waals surface area (Å²) in [6, 6.07) is 1.89. The average molecular weight is 266 g/mol. The van der Waals surface area contributed by atoms with Crippen LogP contribution in [-0.2, 0) is 4.74 Å². The van der Waals surface area contributed by atoms with Crippen LogP contribution in [0.1, 0.15) is 16.8 Å². The van der Waals surface area contributed by atoms with Gasteiger partial charge in [-0.2, -0.15) is 0 Å². The fourth-order valence-corrected chi connectivity index (χ4v) is 2.07. The second-order valence-corrected chi connectivity index (χ2v) is 4.68. The third kappa shape index (κ3) is 3.90. The van der Waals surface area contributed by atoms with Gasteiger partial charge in [-0.1, -0.05) is 0 Å². The number of nitrogens with zero attached hydrogens (tertiary/aromatic N) is 2. The molecule has 0 radical (unpaired) electrons. The number of anilines is 1. The summed E-state index contributed by atoms with van der Waals surface area (Å²) >= 11 is 0. The van der Waals surface area contributed by atoms with Crippen LogP contribution in [0.4, 0.5) is 5.82 Å². The molecule has 0 aliphatic rings. The summed E-state index contributed by atoms with van der Waals surface area (Å²) in [5, 5.41) is 17.4. The number of nitrogens with one attached hydrogen (secondary N) is 1. The molecule has 1 aromatic heterocycles. The lowest BCUT2D eigenvalue weighted by Gasteiger charge is -2.24. The van der Waals surface area contributed by atoms with Crippen LogP contribution in [0.15, 0.2) is 6.07 Å². The number of aliphatic hydroxyl groups excluding tert-OH is 1. The first-order chi connectivity index (χ1) is 8.86. The van der Waals surface area contributed by atoms with Crippen molar-refractivity contribution in [3.8, 4) is 0 Å². The zero-order chi connectivity index (χ0) is 14.6. The van der Waals surface area contributed by atoms with E-state index in [0.29, 0.717) is 17.9 Å². The number of ether oxygens (including phenoxy) is 1. The Morgan fingerprint density at radius 3 is 2.74 bits per heavy atom. The molecular weight excluding hydrogens is 244 g/mol. The zero-order valence-corrected chi connectivity index (χ0v) is 11.9. The van der Waals surface area contributed by atoms with Gasteiger partial charge in [0.1, 0.15) is 11.7 Å². The van der Waals surface area contributed by atoms with E-state index in [1.807, 2.05) is 27.0 Å². The molecule has 0 amide bonds. The molecule has 6 nitrogen and oxygen atoms in total. The average Bonchev–Trinajstić information content (AvgIpc) is 2.27. The highest BCUT2D eigenvalue weighted by Crippen LogP contribution is 2.21. The maximum absolute atomic E-state index is 9.77. The lowest BCUT2D eigenvalue weighted by molar-refractivity contribution is 0.0694. The molecule has 1 rings (SSSR count). The molecule has 0 fully saturated rings. The molecule has 1 heterocycles. The number of hydrogen-bond acceptors (Lipinski definition) is 5. The van der Waals surface area contributed by atoms with Gasteiger partial charge in [-0.05, 0) is 25.5 Å². The van der Waals surface area contributed by atoms with Crippen LogP contribution in [-0.4, -0.2) is 49.3 Å². The Hall–Kier alpha value is -1.66. The van der Waals surface area contributed by atoms with Gasteiger partial charge in [0, 0.05) is 26.4 Å². The molecule has 1 atom stereocenters. The maximum atomic E-state index is 9.77. The fraction of sp³-hybridized carbons (Fsp3) is 0.538. The van der Waals surface area contributed by atoms with Crippen molar-refractivity contribution >= 4 is 11.7 Å². The van der Waals surface area contributed by atoms with Gasteiger partial charge < -0.3 is 20.5 Å². The summed E-state index contributed by atoms with van der Waals surface area (Å²) in [5.41, 5.74) is 7.99. The summed E-state index contributed by atoms with van der Waals surface area (Å²) in [6.45, 7) is 4.41. The minimum Gasteiger partial charge on any atom is -0.389 e. The number of nitrogens with two attached hydrogens (primary N) is 1. The van der Waals surface area contributed by atoms with Crippen LogP contribution < -0.4 is 10.6 Å². The predicted octanol–water partition coefficient (Wildman–Crippen LogP) is 0.426. The molecule has 0 aromatic carbocycles. The molecule has 0 aliphatic heterocycles. The SMILES string of the molecule is COCC(O)CN(C)c1nc(C)cc(C)c1C(=N)N. The first-order valence-electron chi connectivity index (χ1n) is 6.07. The van der Waals surface area contributed by atoms with Gasteiger partial charge in [-0.3, -0.25) is 5.41 Å². The number of amidine groups is 1. The van der Waals surface area contributed by atoms with Crippen LogP contribution in [0.3, 0.4) is 0 Å². The highest BCUT2D eigenvalue weighted by molar-refractivity contribution is 6.01. The Balaban J connectivity index is 3.07. The van der Waals surface area contributed by atoms with E-state index in [-0.39, 0.29) is 12.4 Å². The Kier molecular flexibility index (Phi) is 5.26. The highest BCUT2D eigenvalue weighted by Gasteiger charge is 2.17. The summed E-state index contributed by atoms with van der Waals surface area (Å²) in [7, 11) is 3.35. The number of hydrogen-bond donors (Lipinski definition) is 3. The van der Waals surface area contributed by atoms with E-state index >= 15 is 0 Å². The Labute approximate surface area is 113 Å². The van der Waals surface area contributed by atoms with Gasteiger partial charge in [0.25, 0.3) is 0 Å². The van der Waals surface area contributed by atoms with E-state index in [9.17, 15) is 5.11 Å². The van der Waals surface area contributed by atoms with Crippen molar-refractivity contribution in [3.63, 3.8) is 0 Å². The van der Waals surface area contributed by atoms with Gasteiger partial charge >= 0.3 is 0 Å².